The third-order valence-electron chi connectivity index (χ3n) is 5.65. The smallest absolute Gasteiger partial charge is 0.434 e. The molecule has 9 heteroatoms. The zero-order chi connectivity index (χ0) is 22.6. The normalized spacial score (nSPS) is 18.7. The van der Waals surface area contributed by atoms with Crippen molar-refractivity contribution in [2.24, 2.45) is 0 Å². The number of nitrogens with zero attached hydrogens (tertiary/aromatic N) is 2. The molecule has 0 aliphatic carbocycles. The summed E-state index contributed by atoms with van der Waals surface area (Å²) in [6, 6.07) is 5.82. The Bertz CT molecular complexity index is 859. The molecule has 2 heterocycles. The minimum atomic E-state index is -0.983. The number of benzene rings is 1. The highest BCUT2D eigenvalue weighted by Gasteiger charge is 2.57. The van der Waals surface area contributed by atoms with E-state index >= 15 is 0 Å². The molecule has 0 bridgehead atoms. The zero-order valence-electron chi connectivity index (χ0n) is 18.7. The first-order valence-corrected chi connectivity index (χ1v) is 10.3. The van der Waals surface area contributed by atoms with Crippen LogP contribution in [0.2, 0.25) is 0 Å². The quantitative estimate of drug-likeness (QED) is 0.478. The topological polar surface area (TPSA) is 86.8 Å². The van der Waals surface area contributed by atoms with Crippen LogP contribution in [0.15, 0.2) is 24.0 Å². The number of methoxy groups -OCH3 is 1. The first-order chi connectivity index (χ1) is 14.9. The Hall–Kier alpha value is -2.46. The summed E-state index contributed by atoms with van der Waals surface area (Å²) in [7, 11) is 3.08. The maximum atomic E-state index is 13.7. The summed E-state index contributed by atoms with van der Waals surface area (Å²) >= 11 is 0. The van der Waals surface area contributed by atoms with Crippen LogP contribution in [0, 0.1) is 13.8 Å². The molecule has 0 saturated carbocycles. The van der Waals surface area contributed by atoms with Crippen LogP contribution in [0.25, 0.3) is 5.57 Å². The number of hydrogen-bond donors (Lipinski definition) is 0. The van der Waals surface area contributed by atoms with Crippen molar-refractivity contribution in [2.45, 2.75) is 39.2 Å². The molecular formula is C22H30N2O7. The molecule has 1 amide bonds. The molecule has 170 valence electrons. The lowest BCUT2D eigenvalue weighted by Crippen LogP contribution is -2.55. The predicted molar refractivity (Wildman–Crippen MR) is 111 cm³/mol. The molecule has 1 spiro atoms. The molecule has 1 aromatic carbocycles. The van der Waals surface area contributed by atoms with E-state index in [1.165, 1.54) is 12.2 Å². The van der Waals surface area contributed by atoms with E-state index in [-0.39, 0.29) is 25.1 Å². The van der Waals surface area contributed by atoms with Crippen molar-refractivity contribution in [2.75, 3.05) is 40.7 Å². The van der Waals surface area contributed by atoms with Gasteiger partial charge in [-0.1, -0.05) is 23.8 Å². The summed E-state index contributed by atoms with van der Waals surface area (Å²) < 4.78 is 15.8. The van der Waals surface area contributed by atoms with Crippen LogP contribution in [0.1, 0.15) is 36.5 Å². The standard InChI is InChI=1S/C22H30N2O7/c1-6-29-21(26)31-19-18(17-13-15(2)7-8-16(17)3)20(25)24(30-14-27-4)22(19)9-11-23(28-5)12-10-22/h7-8,13H,6,9-12,14H2,1-5H3. The van der Waals surface area contributed by atoms with Gasteiger partial charge < -0.3 is 19.0 Å². The molecule has 0 N–H and O–H groups in total. The van der Waals surface area contributed by atoms with Crippen LogP contribution in [0.3, 0.4) is 0 Å². The number of hydroxylamine groups is 4. The van der Waals surface area contributed by atoms with E-state index in [1.807, 2.05) is 32.0 Å². The lowest BCUT2D eigenvalue weighted by Gasteiger charge is -2.43. The molecule has 1 fully saturated rings. The largest absolute Gasteiger partial charge is 0.513 e. The molecule has 0 aromatic heterocycles. The van der Waals surface area contributed by atoms with Crippen molar-refractivity contribution >= 4 is 17.6 Å². The fraction of sp³-hybridized carbons (Fsp3) is 0.545. The molecule has 31 heavy (non-hydrogen) atoms. The Labute approximate surface area is 182 Å². The van der Waals surface area contributed by atoms with Gasteiger partial charge in [0, 0.05) is 20.2 Å². The maximum absolute atomic E-state index is 13.7. The van der Waals surface area contributed by atoms with Gasteiger partial charge in [-0.05, 0) is 44.7 Å². The van der Waals surface area contributed by atoms with E-state index in [1.54, 1.807) is 19.1 Å². The molecule has 0 atom stereocenters. The summed E-state index contributed by atoms with van der Waals surface area (Å²) in [5, 5.41) is 3.09. The second-order valence-electron chi connectivity index (χ2n) is 7.59. The third-order valence-corrected chi connectivity index (χ3v) is 5.65. The van der Waals surface area contributed by atoms with Gasteiger partial charge in [-0.15, -0.1) is 0 Å². The molecule has 1 saturated heterocycles. The van der Waals surface area contributed by atoms with Crippen molar-refractivity contribution in [3.8, 4) is 0 Å². The molecule has 0 radical (unpaired) electrons. The van der Waals surface area contributed by atoms with Crippen molar-refractivity contribution in [1.82, 2.24) is 10.1 Å². The molecule has 0 unspecified atom stereocenters. The monoisotopic (exact) mass is 434 g/mol. The van der Waals surface area contributed by atoms with Gasteiger partial charge >= 0.3 is 6.16 Å². The summed E-state index contributed by atoms with van der Waals surface area (Å²) in [5.41, 5.74) is 1.88. The fourth-order valence-corrected chi connectivity index (χ4v) is 4.09. The van der Waals surface area contributed by atoms with Crippen molar-refractivity contribution in [3.05, 3.63) is 40.6 Å². The van der Waals surface area contributed by atoms with Gasteiger partial charge in [0.05, 0.1) is 19.3 Å². The Morgan fingerprint density at radius 1 is 1.16 bits per heavy atom. The average molecular weight is 434 g/mol. The Morgan fingerprint density at radius 3 is 2.48 bits per heavy atom. The predicted octanol–water partition coefficient (Wildman–Crippen LogP) is 2.96. The minimum Gasteiger partial charge on any atom is -0.434 e. The van der Waals surface area contributed by atoms with Crippen LogP contribution >= 0.6 is 0 Å². The number of rotatable bonds is 7. The van der Waals surface area contributed by atoms with Crippen LogP contribution < -0.4 is 0 Å². The van der Waals surface area contributed by atoms with Crippen molar-refractivity contribution in [1.29, 1.82) is 0 Å². The highest BCUT2D eigenvalue weighted by Crippen LogP contribution is 2.47. The maximum Gasteiger partial charge on any atom is 0.513 e. The molecule has 3 rings (SSSR count). The van der Waals surface area contributed by atoms with E-state index < -0.39 is 11.7 Å². The number of amides is 1. The Kier molecular flexibility index (Phi) is 7.32. The summed E-state index contributed by atoms with van der Waals surface area (Å²) in [4.78, 5) is 37.2. The van der Waals surface area contributed by atoms with Crippen molar-refractivity contribution < 1.29 is 33.5 Å². The number of aryl methyl sites for hydroxylation is 2. The average Bonchev–Trinajstić information content (AvgIpc) is 2.96. The zero-order valence-corrected chi connectivity index (χ0v) is 18.7. The van der Waals surface area contributed by atoms with Crippen LogP contribution in [-0.4, -0.2) is 68.4 Å². The first kappa shape index (κ1) is 23.2. The van der Waals surface area contributed by atoms with Gasteiger partial charge in [0.1, 0.15) is 5.54 Å². The SMILES string of the molecule is CCOC(=O)OC1=C(c2cc(C)ccc2C)C(=O)N(OCOC)C12CCN(OC)CC2. The lowest BCUT2D eigenvalue weighted by atomic mass is 9.85. The molecule has 2 aliphatic rings. The summed E-state index contributed by atoms with van der Waals surface area (Å²) in [5.74, 6) is -0.132. The van der Waals surface area contributed by atoms with Gasteiger partial charge in [-0.25, -0.2) is 14.7 Å². The minimum absolute atomic E-state index is 0.117. The van der Waals surface area contributed by atoms with Crippen LogP contribution in [0.5, 0.6) is 0 Å². The molecule has 2 aliphatic heterocycles. The van der Waals surface area contributed by atoms with Gasteiger partial charge in [-0.3, -0.25) is 4.79 Å². The van der Waals surface area contributed by atoms with Gasteiger partial charge in [-0.2, -0.15) is 5.06 Å². The number of carbonyl (C=O) groups excluding carboxylic acids is 2. The number of hydrogen-bond acceptors (Lipinski definition) is 8. The molecule has 1 aromatic rings. The van der Waals surface area contributed by atoms with Crippen molar-refractivity contribution in [3.63, 3.8) is 0 Å². The Morgan fingerprint density at radius 2 is 1.87 bits per heavy atom. The number of ether oxygens (including phenoxy) is 3. The van der Waals surface area contributed by atoms with E-state index in [4.69, 9.17) is 23.9 Å². The fourth-order valence-electron chi connectivity index (χ4n) is 4.09. The lowest BCUT2D eigenvalue weighted by molar-refractivity contribution is -0.260. The second kappa shape index (κ2) is 9.78. The summed E-state index contributed by atoms with van der Waals surface area (Å²) in [6.45, 7) is 6.64. The molecular weight excluding hydrogens is 404 g/mol. The number of piperidine rings is 1. The van der Waals surface area contributed by atoms with Gasteiger partial charge in [0.2, 0.25) is 0 Å². The van der Waals surface area contributed by atoms with E-state index in [9.17, 15) is 9.59 Å². The second-order valence-corrected chi connectivity index (χ2v) is 7.59. The highest BCUT2D eigenvalue weighted by atomic mass is 16.8. The van der Waals surface area contributed by atoms with E-state index in [0.29, 0.717) is 37.1 Å². The highest BCUT2D eigenvalue weighted by molar-refractivity contribution is 6.23. The third kappa shape index (κ3) is 4.45. The number of carbonyl (C=O) groups is 2. The van der Waals surface area contributed by atoms with Gasteiger partial charge in [0.15, 0.2) is 12.6 Å². The molecule has 9 nitrogen and oxygen atoms in total. The van der Waals surface area contributed by atoms with Crippen LogP contribution in [-0.2, 0) is 28.7 Å². The van der Waals surface area contributed by atoms with E-state index in [2.05, 4.69) is 0 Å². The summed E-state index contributed by atoms with van der Waals surface area (Å²) in [6.07, 6.45) is 0.0361. The van der Waals surface area contributed by atoms with Gasteiger partial charge in [0.25, 0.3) is 5.91 Å². The first-order valence-electron chi connectivity index (χ1n) is 10.3. The van der Waals surface area contributed by atoms with E-state index in [0.717, 1.165) is 11.1 Å². The Balaban J connectivity index is 2.17. The van der Waals surface area contributed by atoms with Crippen LogP contribution in [0.4, 0.5) is 4.79 Å².